The Morgan fingerprint density at radius 2 is 1.88 bits per heavy atom. The largest absolute Gasteiger partial charge is 0.330 e. The summed E-state index contributed by atoms with van der Waals surface area (Å²) >= 11 is 6.11. The van der Waals surface area contributed by atoms with Crippen LogP contribution < -0.4 is 5.32 Å². The lowest BCUT2D eigenvalue weighted by molar-refractivity contribution is 0.116. The second kappa shape index (κ2) is 7.40. The van der Waals surface area contributed by atoms with Crippen molar-refractivity contribution in [2.24, 2.45) is 7.05 Å². The van der Waals surface area contributed by atoms with Crippen molar-refractivity contribution in [3.05, 3.63) is 29.0 Å². The van der Waals surface area contributed by atoms with Crippen molar-refractivity contribution < 1.29 is 0 Å². The topological polar surface area (TPSA) is 36.3 Å². The molecule has 2 aromatic rings. The molecule has 24 heavy (non-hydrogen) atoms. The van der Waals surface area contributed by atoms with Crippen LogP contribution in [0.15, 0.2) is 18.2 Å². The summed E-state index contributed by atoms with van der Waals surface area (Å²) < 4.78 is 2.14. The first-order chi connectivity index (χ1) is 11.5. The van der Waals surface area contributed by atoms with Gasteiger partial charge in [-0.2, -0.15) is 0 Å². The Bertz CT molecular complexity index is 690. The zero-order valence-electron chi connectivity index (χ0n) is 15.1. The van der Waals surface area contributed by atoms with Gasteiger partial charge in [0.15, 0.2) is 0 Å². The molecule has 1 N–H and O–H groups in total. The van der Waals surface area contributed by atoms with E-state index in [2.05, 4.69) is 47.6 Å². The molecule has 0 saturated carbocycles. The normalized spacial score (nSPS) is 19.7. The number of aromatic nitrogens is 2. The van der Waals surface area contributed by atoms with Gasteiger partial charge in [0.25, 0.3) is 0 Å². The van der Waals surface area contributed by atoms with Crippen molar-refractivity contribution in [1.29, 1.82) is 0 Å². The molecule has 2 heterocycles. The average Bonchev–Trinajstić information content (AvgIpc) is 2.89. The fourth-order valence-electron chi connectivity index (χ4n) is 3.40. The summed E-state index contributed by atoms with van der Waals surface area (Å²) in [4.78, 5) is 9.73. The van der Waals surface area contributed by atoms with Crippen LogP contribution in [0.3, 0.4) is 0 Å². The second-order valence-electron chi connectivity index (χ2n) is 6.98. The summed E-state index contributed by atoms with van der Waals surface area (Å²) in [5.74, 6) is 1.05. The van der Waals surface area contributed by atoms with E-state index in [1.165, 1.54) is 0 Å². The Kier molecular flexibility index (Phi) is 5.45. The molecule has 6 heteroatoms. The van der Waals surface area contributed by atoms with E-state index in [-0.39, 0.29) is 6.04 Å². The lowest BCUT2D eigenvalue weighted by Gasteiger charge is -2.36. The molecule has 5 nitrogen and oxygen atoms in total. The number of benzene rings is 1. The Hall–Kier alpha value is -1.14. The van der Waals surface area contributed by atoms with Gasteiger partial charge in [0, 0.05) is 50.8 Å². The minimum Gasteiger partial charge on any atom is -0.330 e. The molecule has 1 saturated heterocycles. The van der Waals surface area contributed by atoms with Gasteiger partial charge in [-0.05, 0) is 39.1 Å². The highest BCUT2D eigenvalue weighted by Gasteiger charge is 2.20. The third-order valence-electron chi connectivity index (χ3n) is 5.15. The molecule has 1 aromatic carbocycles. The Morgan fingerprint density at radius 1 is 1.17 bits per heavy atom. The van der Waals surface area contributed by atoms with Crippen LogP contribution in [0.25, 0.3) is 11.0 Å². The van der Waals surface area contributed by atoms with Crippen molar-refractivity contribution in [1.82, 2.24) is 24.7 Å². The predicted molar refractivity (Wildman–Crippen MR) is 101 cm³/mol. The van der Waals surface area contributed by atoms with Gasteiger partial charge in [-0.3, -0.25) is 4.90 Å². The number of likely N-dealkylation sites (N-methyl/N-ethyl adjacent to an activating group) is 1. The lowest BCUT2D eigenvalue weighted by atomic mass is 10.2. The van der Waals surface area contributed by atoms with Crippen molar-refractivity contribution in [2.75, 3.05) is 39.8 Å². The number of aryl methyl sites for hydroxylation is 1. The quantitative estimate of drug-likeness (QED) is 0.899. The van der Waals surface area contributed by atoms with Crippen LogP contribution in [0.1, 0.15) is 25.7 Å². The van der Waals surface area contributed by atoms with Gasteiger partial charge in [-0.25, -0.2) is 4.98 Å². The minimum absolute atomic E-state index is 0.205. The van der Waals surface area contributed by atoms with E-state index in [4.69, 9.17) is 16.6 Å². The summed E-state index contributed by atoms with van der Waals surface area (Å²) in [7, 11) is 4.25. The van der Waals surface area contributed by atoms with Crippen LogP contribution in [-0.2, 0) is 7.05 Å². The maximum Gasteiger partial charge on any atom is 0.126 e. The highest BCUT2D eigenvalue weighted by atomic mass is 35.5. The first-order valence-electron chi connectivity index (χ1n) is 8.73. The fraction of sp³-hybridized carbons (Fsp3) is 0.611. The molecule has 0 amide bonds. The smallest absolute Gasteiger partial charge is 0.126 e. The molecule has 3 rings (SSSR count). The number of piperazine rings is 1. The molecule has 0 aliphatic carbocycles. The zero-order chi connectivity index (χ0) is 17.3. The Balaban J connectivity index is 1.62. The van der Waals surface area contributed by atoms with Gasteiger partial charge >= 0.3 is 0 Å². The minimum atomic E-state index is 0.205. The molecule has 2 atom stereocenters. The molecule has 1 aromatic heterocycles. The van der Waals surface area contributed by atoms with E-state index in [9.17, 15) is 0 Å². The molecular formula is C18H28ClN5. The molecule has 132 valence electrons. The monoisotopic (exact) mass is 349 g/mol. The number of imidazole rings is 1. The first kappa shape index (κ1) is 17.7. The summed E-state index contributed by atoms with van der Waals surface area (Å²) in [6.07, 6.45) is 0. The Labute approximate surface area is 149 Å². The number of rotatable bonds is 5. The third kappa shape index (κ3) is 3.75. The number of halogens is 1. The molecular weight excluding hydrogens is 322 g/mol. The number of hydrogen-bond donors (Lipinski definition) is 1. The standard InChI is InChI=1S/C18H28ClN5/c1-13(24-9-7-22(3)8-10-24)12-20-14(2)18-21-16-6-5-15(19)11-17(16)23(18)4/h5-6,11,13-14,20H,7-10,12H2,1-4H3/t13-,14-/m1/s1. The van der Waals surface area contributed by atoms with Gasteiger partial charge in [-0.15, -0.1) is 0 Å². The van der Waals surface area contributed by atoms with Crippen molar-refractivity contribution in [2.45, 2.75) is 25.9 Å². The van der Waals surface area contributed by atoms with Crippen molar-refractivity contribution in [3.63, 3.8) is 0 Å². The molecule has 0 unspecified atom stereocenters. The summed E-state index contributed by atoms with van der Waals surface area (Å²) in [6.45, 7) is 10.1. The maximum atomic E-state index is 6.11. The first-order valence-corrected chi connectivity index (χ1v) is 9.11. The molecule has 0 spiro atoms. The highest BCUT2D eigenvalue weighted by molar-refractivity contribution is 6.31. The summed E-state index contributed by atoms with van der Waals surface area (Å²) in [6, 6.07) is 6.60. The van der Waals surface area contributed by atoms with E-state index in [1.54, 1.807) is 0 Å². The number of nitrogens with one attached hydrogen (secondary N) is 1. The SMILES string of the molecule is C[C@H](CN[C@H](C)c1nc2ccc(Cl)cc2n1C)N1CCN(C)CC1. The predicted octanol–water partition coefficient (Wildman–Crippen LogP) is 2.51. The van der Waals surface area contributed by atoms with E-state index >= 15 is 0 Å². The highest BCUT2D eigenvalue weighted by Crippen LogP contribution is 2.22. The van der Waals surface area contributed by atoms with Crippen LogP contribution >= 0.6 is 11.6 Å². The van der Waals surface area contributed by atoms with E-state index in [0.717, 1.165) is 54.6 Å². The van der Waals surface area contributed by atoms with Crippen molar-refractivity contribution in [3.8, 4) is 0 Å². The molecule has 0 bridgehead atoms. The van der Waals surface area contributed by atoms with Crippen molar-refractivity contribution >= 4 is 22.6 Å². The van der Waals surface area contributed by atoms with Gasteiger partial charge in [0.1, 0.15) is 5.82 Å². The number of hydrogen-bond acceptors (Lipinski definition) is 4. The van der Waals surface area contributed by atoms with E-state index in [0.29, 0.717) is 6.04 Å². The van der Waals surface area contributed by atoms with E-state index in [1.807, 2.05) is 18.2 Å². The zero-order valence-corrected chi connectivity index (χ0v) is 15.8. The van der Waals surface area contributed by atoms with Crippen LogP contribution in [0.2, 0.25) is 5.02 Å². The van der Waals surface area contributed by atoms with Crippen LogP contribution in [-0.4, -0.2) is 65.2 Å². The van der Waals surface area contributed by atoms with Crippen LogP contribution in [0.4, 0.5) is 0 Å². The van der Waals surface area contributed by atoms with Gasteiger partial charge in [0.2, 0.25) is 0 Å². The number of fused-ring (bicyclic) bond motifs is 1. The van der Waals surface area contributed by atoms with Gasteiger partial charge < -0.3 is 14.8 Å². The summed E-state index contributed by atoms with van der Waals surface area (Å²) in [5, 5.41) is 4.40. The second-order valence-corrected chi connectivity index (χ2v) is 7.42. The summed E-state index contributed by atoms with van der Waals surface area (Å²) in [5.41, 5.74) is 2.08. The molecule has 1 aliphatic heterocycles. The maximum absolute atomic E-state index is 6.11. The van der Waals surface area contributed by atoms with Crippen LogP contribution in [0, 0.1) is 0 Å². The Morgan fingerprint density at radius 3 is 2.58 bits per heavy atom. The molecule has 1 fully saturated rings. The fourth-order valence-corrected chi connectivity index (χ4v) is 3.57. The third-order valence-corrected chi connectivity index (χ3v) is 5.38. The average molecular weight is 350 g/mol. The van der Waals surface area contributed by atoms with Crippen LogP contribution in [0.5, 0.6) is 0 Å². The number of nitrogens with zero attached hydrogens (tertiary/aromatic N) is 4. The van der Waals surface area contributed by atoms with E-state index < -0.39 is 0 Å². The molecule has 1 aliphatic rings. The molecule has 0 radical (unpaired) electrons. The van der Waals surface area contributed by atoms with Gasteiger partial charge in [0.05, 0.1) is 17.1 Å². The van der Waals surface area contributed by atoms with Gasteiger partial charge in [-0.1, -0.05) is 11.6 Å². The lowest BCUT2D eigenvalue weighted by Crippen LogP contribution is -2.51.